The van der Waals surface area contributed by atoms with Gasteiger partial charge >= 0.3 is 11.9 Å². The second kappa shape index (κ2) is 21.9. The molecule has 24 heavy (non-hydrogen) atoms. The van der Waals surface area contributed by atoms with Gasteiger partial charge in [0.2, 0.25) is 0 Å². The van der Waals surface area contributed by atoms with Crippen molar-refractivity contribution in [2.24, 2.45) is 0 Å². The van der Waals surface area contributed by atoms with Gasteiger partial charge in [-0.3, -0.25) is 9.59 Å². The highest BCUT2D eigenvalue weighted by Gasteiger charge is 1.98. The Balaban J connectivity index is 0. The van der Waals surface area contributed by atoms with Gasteiger partial charge in [-0.15, -0.1) is 0 Å². The zero-order valence-electron chi connectivity index (χ0n) is 16.0. The highest BCUT2D eigenvalue weighted by Crippen LogP contribution is 2.08. The van der Waals surface area contributed by atoms with Crippen LogP contribution in [0.2, 0.25) is 0 Å². The van der Waals surface area contributed by atoms with Gasteiger partial charge in [-0.25, -0.2) is 0 Å². The average molecular weight is 345 g/mol. The van der Waals surface area contributed by atoms with Gasteiger partial charge < -0.3 is 10.2 Å². The zero-order valence-corrected chi connectivity index (χ0v) is 16.0. The maximum Gasteiger partial charge on any atom is 0.303 e. The molecular weight excluding hydrogens is 304 g/mol. The number of rotatable bonds is 16. The van der Waals surface area contributed by atoms with Crippen LogP contribution in [0.3, 0.4) is 0 Å². The minimum atomic E-state index is -0.740. The largest absolute Gasteiger partial charge is 0.481 e. The van der Waals surface area contributed by atoms with Crippen molar-refractivity contribution in [3.63, 3.8) is 0 Å². The summed E-state index contributed by atoms with van der Waals surface area (Å²) in [5, 5.41) is 16.7. The predicted molar refractivity (Wildman–Crippen MR) is 100 cm³/mol. The van der Waals surface area contributed by atoms with Crippen LogP contribution >= 0.6 is 0 Å². The van der Waals surface area contributed by atoms with Crippen molar-refractivity contribution in [2.75, 3.05) is 0 Å². The molecule has 0 aliphatic rings. The van der Waals surface area contributed by atoms with E-state index in [1.54, 1.807) is 0 Å². The lowest BCUT2D eigenvalue weighted by molar-refractivity contribution is -0.138. The predicted octanol–water partition coefficient (Wildman–Crippen LogP) is 6.42. The Morgan fingerprint density at radius 1 is 0.500 bits per heavy atom. The molecule has 4 heteroatoms. The van der Waals surface area contributed by atoms with E-state index in [1.807, 2.05) is 0 Å². The molecule has 2 N–H and O–H groups in total. The first-order valence-electron chi connectivity index (χ1n) is 9.98. The topological polar surface area (TPSA) is 74.6 Å². The molecule has 0 spiro atoms. The first-order chi connectivity index (χ1) is 11.5. The molecular formula is C20H40O4. The lowest BCUT2D eigenvalue weighted by Gasteiger charge is -1.98. The smallest absolute Gasteiger partial charge is 0.303 e. The van der Waals surface area contributed by atoms with Gasteiger partial charge in [0, 0.05) is 12.8 Å². The molecule has 0 fully saturated rings. The lowest BCUT2D eigenvalue weighted by Crippen LogP contribution is -1.94. The summed E-state index contributed by atoms with van der Waals surface area (Å²) >= 11 is 0. The molecule has 0 aromatic rings. The van der Waals surface area contributed by atoms with E-state index in [4.69, 9.17) is 10.2 Å². The summed E-state index contributed by atoms with van der Waals surface area (Å²) in [6.07, 6.45) is 17.3. The fraction of sp³-hybridized carbons (Fsp3) is 0.900. The van der Waals surface area contributed by atoms with Gasteiger partial charge in [0.15, 0.2) is 0 Å². The summed E-state index contributed by atoms with van der Waals surface area (Å²) in [5.74, 6) is -1.48. The minimum Gasteiger partial charge on any atom is -0.481 e. The van der Waals surface area contributed by atoms with Crippen molar-refractivity contribution in [3.8, 4) is 0 Å². The van der Waals surface area contributed by atoms with Gasteiger partial charge in [0.05, 0.1) is 0 Å². The van der Waals surface area contributed by atoms with Crippen LogP contribution in [0.15, 0.2) is 0 Å². The van der Waals surface area contributed by atoms with Crippen LogP contribution in [-0.2, 0) is 9.59 Å². The number of carboxylic acid groups (broad SMARTS) is 2. The molecule has 0 unspecified atom stereocenters. The third kappa shape index (κ3) is 29.0. The molecule has 0 aliphatic heterocycles. The van der Waals surface area contributed by atoms with Crippen molar-refractivity contribution in [3.05, 3.63) is 0 Å². The molecule has 0 saturated carbocycles. The minimum absolute atomic E-state index is 0.245. The Bertz CT molecular complexity index is 249. The Labute approximate surface area is 149 Å². The number of carbonyl (C=O) groups is 2. The summed E-state index contributed by atoms with van der Waals surface area (Å²) in [5.41, 5.74) is 0. The van der Waals surface area contributed by atoms with Crippen LogP contribution < -0.4 is 0 Å². The second-order valence-electron chi connectivity index (χ2n) is 6.53. The average Bonchev–Trinajstić information content (AvgIpc) is 2.53. The number of carboxylic acids is 2. The van der Waals surface area contributed by atoms with Crippen molar-refractivity contribution in [1.29, 1.82) is 0 Å². The van der Waals surface area contributed by atoms with Crippen molar-refractivity contribution in [1.82, 2.24) is 0 Å². The molecule has 0 radical (unpaired) electrons. The number of hydrogen-bond acceptors (Lipinski definition) is 2. The van der Waals surface area contributed by atoms with Crippen LogP contribution in [0.25, 0.3) is 0 Å². The van der Waals surface area contributed by atoms with E-state index >= 15 is 0 Å². The monoisotopic (exact) mass is 344 g/mol. The third-order valence-electron chi connectivity index (χ3n) is 3.99. The van der Waals surface area contributed by atoms with Crippen LogP contribution in [0, 0.1) is 0 Å². The highest BCUT2D eigenvalue weighted by atomic mass is 16.4. The second-order valence-corrected chi connectivity index (χ2v) is 6.53. The molecule has 144 valence electrons. The van der Waals surface area contributed by atoms with E-state index in [-0.39, 0.29) is 12.8 Å². The number of hydrogen-bond donors (Lipinski definition) is 2. The van der Waals surface area contributed by atoms with E-state index in [9.17, 15) is 9.59 Å². The molecule has 0 aromatic heterocycles. The maximum absolute atomic E-state index is 10.1. The van der Waals surface area contributed by atoms with Crippen LogP contribution in [0.5, 0.6) is 0 Å². The molecule has 0 amide bonds. The van der Waals surface area contributed by atoms with Gasteiger partial charge in [0.25, 0.3) is 0 Å². The molecule has 0 atom stereocenters. The summed E-state index contributed by atoms with van der Waals surface area (Å²) < 4.78 is 0. The number of aliphatic carboxylic acids is 2. The SMILES string of the molecule is CCCCCCCCCC.O=C(O)CCCCCCCCC(=O)O. The maximum atomic E-state index is 10.1. The van der Waals surface area contributed by atoms with Gasteiger partial charge in [-0.1, -0.05) is 90.9 Å². The van der Waals surface area contributed by atoms with Crippen LogP contribution in [0.1, 0.15) is 117 Å². The Morgan fingerprint density at radius 3 is 1.00 bits per heavy atom. The van der Waals surface area contributed by atoms with Crippen LogP contribution in [-0.4, -0.2) is 22.2 Å². The molecule has 0 heterocycles. The first kappa shape index (κ1) is 25.2. The summed E-state index contributed by atoms with van der Waals surface area (Å²) in [4.78, 5) is 20.3. The molecule has 0 saturated heterocycles. The quantitative estimate of drug-likeness (QED) is 0.317. The van der Waals surface area contributed by atoms with Gasteiger partial charge in [-0.2, -0.15) is 0 Å². The van der Waals surface area contributed by atoms with Gasteiger partial charge in [-0.05, 0) is 12.8 Å². The summed E-state index contributed by atoms with van der Waals surface area (Å²) in [6, 6.07) is 0. The summed E-state index contributed by atoms with van der Waals surface area (Å²) in [6.45, 7) is 4.54. The highest BCUT2D eigenvalue weighted by molar-refractivity contribution is 5.66. The van der Waals surface area contributed by atoms with Crippen molar-refractivity contribution < 1.29 is 19.8 Å². The van der Waals surface area contributed by atoms with Gasteiger partial charge in [0.1, 0.15) is 0 Å². The Morgan fingerprint density at radius 2 is 0.750 bits per heavy atom. The van der Waals surface area contributed by atoms with E-state index in [2.05, 4.69) is 13.8 Å². The Hall–Kier alpha value is -1.06. The fourth-order valence-electron chi connectivity index (χ4n) is 2.47. The van der Waals surface area contributed by atoms with E-state index in [0.717, 1.165) is 38.5 Å². The molecule has 0 aromatic carbocycles. The molecule has 0 aliphatic carbocycles. The third-order valence-corrected chi connectivity index (χ3v) is 3.99. The van der Waals surface area contributed by atoms with Crippen molar-refractivity contribution in [2.45, 2.75) is 117 Å². The molecule has 4 nitrogen and oxygen atoms in total. The Kier molecular flexibility index (Phi) is 23.0. The molecule has 0 rings (SSSR count). The normalized spacial score (nSPS) is 10.1. The first-order valence-corrected chi connectivity index (χ1v) is 9.98. The van der Waals surface area contributed by atoms with E-state index < -0.39 is 11.9 Å². The standard InChI is InChI=1S/C10H18O4.C10H22/c11-9(12)7-5-3-1-2-4-6-8-10(13)14;1-3-5-7-9-10-8-6-4-2/h1-8H2,(H,11,12)(H,13,14);3-10H2,1-2H3. The molecule has 0 bridgehead atoms. The van der Waals surface area contributed by atoms with Crippen molar-refractivity contribution >= 4 is 11.9 Å². The zero-order chi connectivity index (χ0) is 18.5. The van der Waals surface area contributed by atoms with E-state index in [0.29, 0.717) is 0 Å². The lowest BCUT2D eigenvalue weighted by atomic mass is 10.1. The fourth-order valence-corrected chi connectivity index (χ4v) is 2.47. The summed E-state index contributed by atoms with van der Waals surface area (Å²) in [7, 11) is 0. The van der Waals surface area contributed by atoms with E-state index in [1.165, 1.54) is 51.4 Å². The van der Waals surface area contributed by atoms with Crippen LogP contribution in [0.4, 0.5) is 0 Å². The number of unbranched alkanes of at least 4 members (excludes halogenated alkanes) is 12.